The summed E-state index contributed by atoms with van der Waals surface area (Å²) in [7, 11) is 1.73. The highest BCUT2D eigenvalue weighted by Gasteiger charge is 2.28. The Morgan fingerprint density at radius 3 is 2.65 bits per heavy atom. The Morgan fingerprint density at radius 1 is 1.29 bits per heavy atom. The number of para-hydroxylation sites is 1. The van der Waals surface area contributed by atoms with Crippen molar-refractivity contribution in [1.29, 1.82) is 0 Å². The average molecular weight is 231 g/mol. The van der Waals surface area contributed by atoms with Gasteiger partial charge in [0.05, 0.1) is 18.3 Å². The standard InChI is InChI=1S/C15H21NO/c1-5-11-10-15(3,6-2)16-14-12(11)8-7-9-13(14)17-4/h7-10,16H,5-6H2,1-4H3. The Balaban J connectivity index is 2.57. The third-order valence-corrected chi connectivity index (χ3v) is 3.61. The number of allylic oxidation sites excluding steroid dienone is 1. The van der Waals surface area contributed by atoms with E-state index in [0.29, 0.717) is 0 Å². The molecule has 0 radical (unpaired) electrons. The molecule has 0 aliphatic carbocycles. The zero-order valence-electron chi connectivity index (χ0n) is 11.1. The van der Waals surface area contributed by atoms with E-state index < -0.39 is 0 Å². The molecule has 2 rings (SSSR count). The number of methoxy groups -OCH3 is 1. The summed E-state index contributed by atoms with van der Waals surface area (Å²) in [4.78, 5) is 0. The fraction of sp³-hybridized carbons (Fsp3) is 0.467. The first-order valence-electron chi connectivity index (χ1n) is 6.31. The predicted molar refractivity (Wildman–Crippen MR) is 73.6 cm³/mol. The Morgan fingerprint density at radius 2 is 2.06 bits per heavy atom. The maximum absolute atomic E-state index is 5.45. The lowest BCUT2D eigenvalue weighted by atomic mass is 9.86. The first-order chi connectivity index (χ1) is 8.13. The largest absolute Gasteiger partial charge is 0.495 e. The number of ether oxygens (including phenoxy) is 1. The summed E-state index contributed by atoms with van der Waals surface area (Å²) in [5, 5.41) is 3.61. The third kappa shape index (κ3) is 2.04. The van der Waals surface area contributed by atoms with Crippen molar-refractivity contribution < 1.29 is 4.74 Å². The topological polar surface area (TPSA) is 21.3 Å². The maximum Gasteiger partial charge on any atom is 0.142 e. The molecule has 1 unspecified atom stereocenters. The molecule has 1 aromatic rings. The Hall–Kier alpha value is -1.44. The maximum atomic E-state index is 5.45. The second kappa shape index (κ2) is 4.44. The highest BCUT2D eigenvalue weighted by atomic mass is 16.5. The van der Waals surface area contributed by atoms with E-state index in [9.17, 15) is 0 Å². The van der Waals surface area contributed by atoms with E-state index in [4.69, 9.17) is 4.74 Å². The lowest BCUT2D eigenvalue weighted by Crippen LogP contribution is -2.34. The van der Waals surface area contributed by atoms with Crippen LogP contribution in [0, 0.1) is 0 Å². The number of fused-ring (bicyclic) bond motifs is 1. The van der Waals surface area contributed by atoms with Gasteiger partial charge in [0.25, 0.3) is 0 Å². The summed E-state index contributed by atoms with van der Waals surface area (Å²) in [5.74, 6) is 0.932. The van der Waals surface area contributed by atoms with Gasteiger partial charge in [-0.3, -0.25) is 0 Å². The lowest BCUT2D eigenvalue weighted by molar-refractivity contribution is 0.414. The third-order valence-electron chi connectivity index (χ3n) is 3.61. The highest BCUT2D eigenvalue weighted by molar-refractivity contribution is 5.84. The van der Waals surface area contributed by atoms with E-state index >= 15 is 0 Å². The van der Waals surface area contributed by atoms with Crippen molar-refractivity contribution in [2.75, 3.05) is 12.4 Å². The minimum absolute atomic E-state index is 0.0347. The summed E-state index contributed by atoms with van der Waals surface area (Å²) in [5.41, 5.74) is 3.85. The van der Waals surface area contributed by atoms with Crippen LogP contribution in [0.1, 0.15) is 39.2 Å². The minimum Gasteiger partial charge on any atom is -0.495 e. The molecule has 92 valence electrons. The molecule has 2 heteroatoms. The minimum atomic E-state index is 0.0347. The van der Waals surface area contributed by atoms with Gasteiger partial charge in [-0.25, -0.2) is 0 Å². The fourth-order valence-electron chi connectivity index (χ4n) is 2.36. The van der Waals surface area contributed by atoms with Crippen LogP contribution >= 0.6 is 0 Å². The van der Waals surface area contributed by atoms with Crippen molar-refractivity contribution in [2.24, 2.45) is 0 Å². The molecule has 1 aliphatic rings. The van der Waals surface area contributed by atoms with Crippen LogP contribution in [0.2, 0.25) is 0 Å². The second-order valence-corrected chi connectivity index (χ2v) is 4.80. The molecule has 1 aliphatic heterocycles. The van der Waals surface area contributed by atoms with Crippen LogP contribution in [0.5, 0.6) is 5.75 Å². The molecule has 1 N–H and O–H groups in total. The zero-order chi connectivity index (χ0) is 12.5. The van der Waals surface area contributed by atoms with Gasteiger partial charge in [0.1, 0.15) is 5.75 Å². The van der Waals surface area contributed by atoms with Gasteiger partial charge in [-0.1, -0.05) is 32.1 Å². The molecule has 1 atom stereocenters. The van der Waals surface area contributed by atoms with Gasteiger partial charge in [0, 0.05) is 5.56 Å². The van der Waals surface area contributed by atoms with E-state index in [2.05, 4.69) is 44.3 Å². The monoisotopic (exact) mass is 231 g/mol. The molecule has 1 aromatic carbocycles. The van der Waals surface area contributed by atoms with Gasteiger partial charge in [-0.05, 0) is 31.4 Å². The molecule has 0 spiro atoms. The number of hydrogen-bond donors (Lipinski definition) is 1. The lowest BCUT2D eigenvalue weighted by Gasteiger charge is -2.35. The number of rotatable bonds is 3. The number of anilines is 1. The molecule has 1 heterocycles. The van der Waals surface area contributed by atoms with E-state index in [1.165, 1.54) is 11.1 Å². The Kier molecular flexibility index (Phi) is 3.14. The van der Waals surface area contributed by atoms with Crippen LogP contribution in [0.3, 0.4) is 0 Å². The second-order valence-electron chi connectivity index (χ2n) is 4.80. The van der Waals surface area contributed by atoms with Crippen molar-refractivity contribution in [3.63, 3.8) is 0 Å². The van der Waals surface area contributed by atoms with Gasteiger partial charge in [-0.2, -0.15) is 0 Å². The number of hydrogen-bond acceptors (Lipinski definition) is 2. The molecule has 17 heavy (non-hydrogen) atoms. The van der Waals surface area contributed by atoms with Crippen LogP contribution in [0.15, 0.2) is 24.3 Å². The van der Waals surface area contributed by atoms with Gasteiger partial charge in [-0.15, -0.1) is 0 Å². The van der Waals surface area contributed by atoms with Crippen LogP contribution in [0.4, 0.5) is 5.69 Å². The normalized spacial score (nSPS) is 22.5. The molecule has 0 fully saturated rings. The first-order valence-corrected chi connectivity index (χ1v) is 6.31. The summed E-state index contributed by atoms with van der Waals surface area (Å²) in [6.07, 6.45) is 4.47. The number of nitrogens with one attached hydrogen (secondary N) is 1. The zero-order valence-corrected chi connectivity index (χ0v) is 11.1. The Labute approximate surface area is 104 Å². The average Bonchev–Trinajstić information content (AvgIpc) is 2.37. The van der Waals surface area contributed by atoms with E-state index in [0.717, 1.165) is 24.3 Å². The van der Waals surface area contributed by atoms with Crippen LogP contribution in [-0.2, 0) is 0 Å². The molecule has 0 saturated heterocycles. The molecule has 0 amide bonds. The summed E-state index contributed by atoms with van der Waals surface area (Å²) >= 11 is 0. The van der Waals surface area contributed by atoms with Gasteiger partial charge in [0.2, 0.25) is 0 Å². The molecule has 0 aromatic heterocycles. The summed E-state index contributed by atoms with van der Waals surface area (Å²) in [6, 6.07) is 6.23. The van der Waals surface area contributed by atoms with E-state index in [-0.39, 0.29) is 5.54 Å². The quantitative estimate of drug-likeness (QED) is 0.846. The van der Waals surface area contributed by atoms with Crippen LogP contribution in [-0.4, -0.2) is 12.6 Å². The van der Waals surface area contributed by atoms with Crippen LogP contribution in [0.25, 0.3) is 5.57 Å². The van der Waals surface area contributed by atoms with Gasteiger partial charge >= 0.3 is 0 Å². The molecular formula is C15H21NO. The van der Waals surface area contributed by atoms with Crippen molar-refractivity contribution in [1.82, 2.24) is 0 Å². The van der Waals surface area contributed by atoms with Crippen molar-refractivity contribution in [3.8, 4) is 5.75 Å². The van der Waals surface area contributed by atoms with Gasteiger partial charge in [0.15, 0.2) is 0 Å². The summed E-state index contributed by atoms with van der Waals surface area (Å²) < 4.78 is 5.45. The summed E-state index contributed by atoms with van der Waals surface area (Å²) in [6.45, 7) is 6.64. The van der Waals surface area contributed by atoms with Crippen molar-refractivity contribution in [3.05, 3.63) is 29.8 Å². The first kappa shape index (κ1) is 12.0. The number of benzene rings is 1. The molecular weight excluding hydrogens is 210 g/mol. The van der Waals surface area contributed by atoms with Crippen molar-refractivity contribution >= 4 is 11.3 Å². The molecule has 0 bridgehead atoms. The molecule has 0 saturated carbocycles. The SMILES string of the molecule is CCC1=CC(C)(CC)Nc2c(OC)cccc21. The predicted octanol–water partition coefficient (Wildman–Crippen LogP) is 4.08. The smallest absolute Gasteiger partial charge is 0.142 e. The van der Waals surface area contributed by atoms with E-state index in [1.807, 2.05) is 6.07 Å². The highest BCUT2D eigenvalue weighted by Crippen LogP contribution is 2.41. The Bertz CT molecular complexity index is 450. The van der Waals surface area contributed by atoms with Crippen molar-refractivity contribution in [2.45, 2.75) is 39.2 Å². The molecule has 2 nitrogen and oxygen atoms in total. The van der Waals surface area contributed by atoms with Gasteiger partial charge < -0.3 is 10.1 Å². The van der Waals surface area contributed by atoms with E-state index in [1.54, 1.807) is 7.11 Å². The van der Waals surface area contributed by atoms with Crippen LogP contribution < -0.4 is 10.1 Å². The fourth-order valence-corrected chi connectivity index (χ4v) is 2.36.